The van der Waals surface area contributed by atoms with Crippen LogP contribution < -0.4 is 14.9 Å². The van der Waals surface area contributed by atoms with E-state index in [1.54, 1.807) is 19.1 Å². The standard InChI is InChI=1S/C24H29N3O4/c1-17-6-7-18(2)22(14-17)31-15-23(28)26-25-19(3)20-8-10-21(11-9-20)30-16-24(29)27-12-4-5-13-27/h6-11,14H,4-5,12-13,15-16H2,1-3H3,(H,26,28)/b25-19+. The van der Waals surface area contributed by atoms with Gasteiger partial charge in [-0.15, -0.1) is 0 Å². The number of aryl methyl sites for hydroxylation is 2. The Labute approximate surface area is 183 Å². The first-order valence-electron chi connectivity index (χ1n) is 10.5. The largest absolute Gasteiger partial charge is 0.484 e. The third-order valence-corrected chi connectivity index (χ3v) is 5.14. The third kappa shape index (κ3) is 6.57. The van der Waals surface area contributed by atoms with Gasteiger partial charge < -0.3 is 14.4 Å². The molecule has 1 saturated heterocycles. The van der Waals surface area contributed by atoms with E-state index in [9.17, 15) is 9.59 Å². The zero-order valence-electron chi connectivity index (χ0n) is 18.3. The van der Waals surface area contributed by atoms with Crippen LogP contribution in [0.4, 0.5) is 0 Å². The average molecular weight is 424 g/mol. The minimum Gasteiger partial charge on any atom is -0.484 e. The van der Waals surface area contributed by atoms with Crippen LogP contribution in [0.15, 0.2) is 47.6 Å². The Balaban J connectivity index is 1.46. The van der Waals surface area contributed by atoms with Gasteiger partial charge in [-0.2, -0.15) is 5.10 Å². The zero-order chi connectivity index (χ0) is 22.2. The Morgan fingerprint density at radius 1 is 1.00 bits per heavy atom. The number of hydrazone groups is 1. The SMILES string of the molecule is C/C(=N\NC(=O)COc1cc(C)ccc1C)c1ccc(OCC(=O)N2CCCC2)cc1. The van der Waals surface area contributed by atoms with Crippen LogP contribution in [-0.4, -0.2) is 48.7 Å². The van der Waals surface area contributed by atoms with E-state index < -0.39 is 0 Å². The summed E-state index contributed by atoms with van der Waals surface area (Å²) in [6.45, 7) is 7.28. The number of nitrogens with zero attached hydrogens (tertiary/aromatic N) is 2. The molecule has 0 aromatic heterocycles. The molecule has 3 rings (SSSR count). The van der Waals surface area contributed by atoms with Gasteiger partial charge in [-0.05, 0) is 80.6 Å². The van der Waals surface area contributed by atoms with E-state index in [1.807, 2.05) is 49.1 Å². The molecule has 0 spiro atoms. The summed E-state index contributed by atoms with van der Waals surface area (Å²) in [6, 6.07) is 13.1. The lowest BCUT2D eigenvalue weighted by molar-refractivity contribution is -0.132. The van der Waals surface area contributed by atoms with Crippen molar-refractivity contribution in [3.8, 4) is 11.5 Å². The first-order chi connectivity index (χ1) is 14.9. The maximum Gasteiger partial charge on any atom is 0.277 e. The lowest BCUT2D eigenvalue weighted by atomic mass is 10.1. The van der Waals surface area contributed by atoms with Gasteiger partial charge in [0.05, 0.1) is 5.71 Å². The Morgan fingerprint density at radius 2 is 1.71 bits per heavy atom. The van der Waals surface area contributed by atoms with Crippen molar-refractivity contribution in [1.82, 2.24) is 10.3 Å². The summed E-state index contributed by atoms with van der Waals surface area (Å²) in [5, 5.41) is 4.14. The normalized spacial score (nSPS) is 13.8. The van der Waals surface area contributed by atoms with E-state index >= 15 is 0 Å². The van der Waals surface area contributed by atoms with E-state index in [-0.39, 0.29) is 25.0 Å². The first-order valence-corrected chi connectivity index (χ1v) is 10.5. The number of amides is 2. The summed E-state index contributed by atoms with van der Waals surface area (Å²) in [5.41, 5.74) is 6.05. The molecule has 2 aromatic rings. The molecule has 0 unspecified atom stereocenters. The summed E-state index contributed by atoms with van der Waals surface area (Å²) >= 11 is 0. The second-order valence-corrected chi connectivity index (χ2v) is 7.69. The van der Waals surface area contributed by atoms with E-state index in [1.165, 1.54) is 0 Å². The van der Waals surface area contributed by atoms with Crippen LogP contribution >= 0.6 is 0 Å². The van der Waals surface area contributed by atoms with E-state index in [0.717, 1.165) is 42.6 Å². The molecule has 0 saturated carbocycles. The summed E-state index contributed by atoms with van der Waals surface area (Å²) < 4.78 is 11.2. The van der Waals surface area contributed by atoms with Gasteiger partial charge in [0.1, 0.15) is 11.5 Å². The summed E-state index contributed by atoms with van der Waals surface area (Å²) in [5.74, 6) is 0.996. The Bertz CT molecular complexity index is 948. The van der Waals surface area contributed by atoms with Crippen LogP contribution in [0.25, 0.3) is 0 Å². The van der Waals surface area contributed by atoms with Gasteiger partial charge in [-0.1, -0.05) is 12.1 Å². The monoisotopic (exact) mass is 423 g/mol. The summed E-state index contributed by atoms with van der Waals surface area (Å²) in [7, 11) is 0. The summed E-state index contributed by atoms with van der Waals surface area (Å²) in [4.78, 5) is 25.9. The lowest BCUT2D eigenvalue weighted by Crippen LogP contribution is -2.32. The van der Waals surface area contributed by atoms with Crippen LogP contribution in [0, 0.1) is 13.8 Å². The Morgan fingerprint density at radius 3 is 2.42 bits per heavy atom. The van der Waals surface area contributed by atoms with Gasteiger partial charge in [0.15, 0.2) is 13.2 Å². The van der Waals surface area contributed by atoms with Gasteiger partial charge in [0, 0.05) is 13.1 Å². The fourth-order valence-electron chi connectivity index (χ4n) is 3.24. The van der Waals surface area contributed by atoms with Crippen molar-refractivity contribution >= 4 is 17.5 Å². The average Bonchev–Trinajstić information content (AvgIpc) is 3.32. The zero-order valence-corrected chi connectivity index (χ0v) is 18.3. The molecule has 1 N–H and O–H groups in total. The molecule has 0 bridgehead atoms. The molecule has 1 aliphatic rings. The quantitative estimate of drug-likeness (QED) is 0.522. The highest BCUT2D eigenvalue weighted by Crippen LogP contribution is 2.19. The second kappa shape index (κ2) is 10.6. The van der Waals surface area contributed by atoms with E-state index in [4.69, 9.17) is 9.47 Å². The van der Waals surface area contributed by atoms with Gasteiger partial charge >= 0.3 is 0 Å². The molecule has 1 fully saturated rings. The van der Waals surface area contributed by atoms with Crippen molar-refractivity contribution in [1.29, 1.82) is 0 Å². The van der Waals surface area contributed by atoms with Gasteiger partial charge in [-0.3, -0.25) is 9.59 Å². The van der Waals surface area contributed by atoms with Crippen molar-refractivity contribution in [2.75, 3.05) is 26.3 Å². The second-order valence-electron chi connectivity index (χ2n) is 7.69. The van der Waals surface area contributed by atoms with E-state index in [2.05, 4.69) is 10.5 Å². The Hall–Kier alpha value is -3.35. The van der Waals surface area contributed by atoms with Crippen LogP contribution in [0.5, 0.6) is 11.5 Å². The number of hydrogen-bond donors (Lipinski definition) is 1. The molecular formula is C24H29N3O4. The molecular weight excluding hydrogens is 394 g/mol. The maximum absolute atomic E-state index is 12.1. The highest BCUT2D eigenvalue weighted by Gasteiger charge is 2.18. The van der Waals surface area contributed by atoms with Crippen molar-refractivity contribution in [3.05, 3.63) is 59.2 Å². The maximum atomic E-state index is 12.1. The number of likely N-dealkylation sites (tertiary alicyclic amines) is 1. The lowest BCUT2D eigenvalue weighted by Gasteiger charge is -2.15. The molecule has 0 radical (unpaired) electrons. The van der Waals surface area contributed by atoms with Crippen molar-refractivity contribution < 1.29 is 19.1 Å². The molecule has 7 nitrogen and oxygen atoms in total. The minimum atomic E-state index is -0.333. The summed E-state index contributed by atoms with van der Waals surface area (Å²) in [6.07, 6.45) is 2.13. The van der Waals surface area contributed by atoms with Crippen LogP contribution in [0.3, 0.4) is 0 Å². The molecule has 2 aromatic carbocycles. The molecule has 1 aliphatic heterocycles. The number of ether oxygens (including phenoxy) is 2. The number of hydrogen-bond acceptors (Lipinski definition) is 5. The predicted molar refractivity (Wildman–Crippen MR) is 120 cm³/mol. The number of rotatable bonds is 8. The number of carbonyl (C=O) groups is 2. The predicted octanol–water partition coefficient (Wildman–Crippen LogP) is 3.22. The third-order valence-electron chi connectivity index (χ3n) is 5.14. The van der Waals surface area contributed by atoms with Gasteiger partial charge in [0.2, 0.25) is 0 Å². The van der Waals surface area contributed by atoms with Crippen molar-refractivity contribution in [2.24, 2.45) is 5.10 Å². The fraction of sp³-hybridized carbons (Fsp3) is 0.375. The van der Waals surface area contributed by atoms with Gasteiger partial charge in [0.25, 0.3) is 11.8 Å². The van der Waals surface area contributed by atoms with Gasteiger partial charge in [-0.25, -0.2) is 5.43 Å². The first kappa shape index (κ1) is 22.3. The molecule has 31 heavy (non-hydrogen) atoms. The number of nitrogens with one attached hydrogen (secondary N) is 1. The van der Waals surface area contributed by atoms with Crippen LogP contribution in [-0.2, 0) is 9.59 Å². The van der Waals surface area contributed by atoms with Crippen molar-refractivity contribution in [3.63, 3.8) is 0 Å². The van der Waals surface area contributed by atoms with Crippen LogP contribution in [0.2, 0.25) is 0 Å². The van der Waals surface area contributed by atoms with Crippen LogP contribution in [0.1, 0.15) is 36.5 Å². The molecule has 2 amide bonds. The number of benzene rings is 2. The smallest absolute Gasteiger partial charge is 0.277 e. The van der Waals surface area contributed by atoms with E-state index in [0.29, 0.717) is 17.2 Å². The molecule has 7 heteroatoms. The molecule has 164 valence electrons. The molecule has 1 heterocycles. The minimum absolute atomic E-state index is 0.0186. The Kier molecular flexibility index (Phi) is 7.65. The highest BCUT2D eigenvalue weighted by atomic mass is 16.5. The molecule has 0 atom stereocenters. The van der Waals surface area contributed by atoms with Crippen molar-refractivity contribution in [2.45, 2.75) is 33.6 Å². The molecule has 0 aliphatic carbocycles. The number of carbonyl (C=O) groups excluding carboxylic acids is 2. The fourth-order valence-corrected chi connectivity index (χ4v) is 3.24. The topological polar surface area (TPSA) is 80.2 Å². The highest BCUT2D eigenvalue weighted by molar-refractivity contribution is 5.99.